The number of hydrogen-bond acceptors (Lipinski definition) is 7. The van der Waals surface area contributed by atoms with Crippen LogP contribution in [0.3, 0.4) is 0 Å². The molecule has 31 heavy (non-hydrogen) atoms. The molecular formula is C23H24N6O2. The predicted octanol–water partition coefficient (Wildman–Crippen LogP) is 3.41. The van der Waals surface area contributed by atoms with Crippen molar-refractivity contribution in [1.82, 2.24) is 24.7 Å². The van der Waals surface area contributed by atoms with Gasteiger partial charge in [-0.2, -0.15) is 5.10 Å². The van der Waals surface area contributed by atoms with Crippen LogP contribution in [0, 0.1) is 6.92 Å². The first-order valence-corrected chi connectivity index (χ1v) is 9.95. The van der Waals surface area contributed by atoms with Crippen LogP contribution in [0.25, 0.3) is 33.9 Å². The number of benzene rings is 1. The van der Waals surface area contributed by atoms with Gasteiger partial charge in [-0.15, -0.1) is 0 Å². The van der Waals surface area contributed by atoms with Crippen molar-refractivity contribution in [2.24, 2.45) is 7.05 Å². The van der Waals surface area contributed by atoms with Crippen LogP contribution in [-0.2, 0) is 7.05 Å². The van der Waals surface area contributed by atoms with Crippen molar-refractivity contribution in [3.8, 4) is 39.7 Å². The third kappa shape index (κ3) is 4.54. The van der Waals surface area contributed by atoms with E-state index in [0.29, 0.717) is 23.9 Å². The first-order chi connectivity index (χ1) is 14.9. The Morgan fingerprint density at radius 3 is 2.65 bits per heavy atom. The Morgan fingerprint density at radius 1 is 1.10 bits per heavy atom. The highest BCUT2D eigenvalue weighted by Crippen LogP contribution is 2.34. The molecule has 4 rings (SSSR count). The second kappa shape index (κ2) is 8.53. The third-order valence-electron chi connectivity index (χ3n) is 4.77. The van der Waals surface area contributed by atoms with Crippen LogP contribution < -0.4 is 5.32 Å². The SMILES string of the molecule is Cc1cc(O)cc(-c2c(-c3cc(NC[C@H](C)O)nc(-c4cccnc4)n3)cnn2C)c1. The highest BCUT2D eigenvalue weighted by Gasteiger charge is 2.18. The van der Waals surface area contributed by atoms with E-state index < -0.39 is 6.10 Å². The molecule has 1 aromatic carbocycles. The van der Waals surface area contributed by atoms with Gasteiger partial charge in [0.15, 0.2) is 5.82 Å². The molecule has 158 valence electrons. The zero-order chi connectivity index (χ0) is 22.0. The molecule has 0 fully saturated rings. The number of phenolic OH excluding ortho intramolecular Hbond substituents is 1. The van der Waals surface area contributed by atoms with Gasteiger partial charge in [0, 0.05) is 48.7 Å². The summed E-state index contributed by atoms with van der Waals surface area (Å²) in [7, 11) is 1.86. The minimum Gasteiger partial charge on any atom is -0.508 e. The molecule has 3 aromatic heterocycles. The molecule has 0 saturated carbocycles. The maximum atomic E-state index is 10.1. The minimum absolute atomic E-state index is 0.195. The van der Waals surface area contributed by atoms with Gasteiger partial charge in [-0.3, -0.25) is 9.67 Å². The third-order valence-corrected chi connectivity index (χ3v) is 4.77. The molecule has 8 nitrogen and oxygen atoms in total. The summed E-state index contributed by atoms with van der Waals surface area (Å²) in [5.74, 6) is 1.30. The lowest BCUT2D eigenvalue weighted by Gasteiger charge is -2.12. The Labute approximate surface area is 180 Å². The lowest BCUT2D eigenvalue weighted by molar-refractivity contribution is 0.208. The lowest BCUT2D eigenvalue weighted by atomic mass is 10.0. The van der Waals surface area contributed by atoms with Gasteiger partial charge in [-0.25, -0.2) is 9.97 Å². The Morgan fingerprint density at radius 2 is 1.94 bits per heavy atom. The standard InChI is InChI=1S/C23H24N6O2/c1-14-7-17(9-18(31)8-14)22-19(13-26-29(22)3)20-10-21(25-11-15(2)30)28-23(27-20)16-5-4-6-24-12-16/h4-10,12-13,15,30-31H,11H2,1-3H3,(H,25,27,28)/t15-/m0/s1. The van der Waals surface area contributed by atoms with E-state index in [4.69, 9.17) is 4.98 Å². The molecule has 0 aliphatic carbocycles. The minimum atomic E-state index is -0.524. The summed E-state index contributed by atoms with van der Waals surface area (Å²) in [6.45, 7) is 4.00. The Kier molecular flexibility index (Phi) is 5.64. The van der Waals surface area contributed by atoms with E-state index in [-0.39, 0.29) is 5.75 Å². The van der Waals surface area contributed by atoms with Crippen molar-refractivity contribution in [3.05, 3.63) is 60.6 Å². The normalized spacial score (nSPS) is 12.0. The number of nitrogens with one attached hydrogen (secondary N) is 1. The number of nitrogens with zero attached hydrogens (tertiary/aromatic N) is 5. The lowest BCUT2D eigenvalue weighted by Crippen LogP contribution is -2.16. The van der Waals surface area contributed by atoms with Crippen molar-refractivity contribution >= 4 is 5.82 Å². The number of rotatable bonds is 6. The molecule has 0 aliphatic rings. The average Bonchev–Trinajstić information content (AvgIpc) is 3.13. The molecule has 0 radical (unpaired) electrons. The van der Waals surface area contributed by atoms with E-state index in [1.807, 2.05) is 38.2 Å². The number of aromatic nitrogens is 5. The van der Waals surface area contributed by atoms with Gasteiger partial charge in [-0.05, 0) is 49.7 Å². The molecular weight excluding hydrogens is 392 g/mol. The van der Waals surface area contributed by atoms with Gasteiger partial charge in [0.1, 0.15) is 11.6 Å². The zero-order valence-corrected chi connectivity index (χ0v) is 17.6. The summed E-state index contributed by atoms with van der Waals surface area (Å²) in [6, 6.07) is 11.0. The first kappa shape index (κ1) is 20.5. The van der Waals surface area contributed by atoms with Crippen LogP contribution in [0.15, 0.2) is 55.0 Å². The summed E-state index contributed by atoms with van der Waals surface area (Å²) >= 11 is 0. The van der Waals surface area contributed by atoms with Crippen molar-refractivity contribution < 1.29 is 10.2 Å². The smallest absolute Gasteiger partial charge is 0.163 e. The van der Waals surface area contributed by atoms with Gasteiger partial charge in [0.25, 0.3) is 0 Å². The highest BCUT2D eigenvalue weighted by molar-refractivity contribution is 5.81. The van der Waals surface area contributed by atoms with Crippen molar-refractivity contribution in [2.45, 2.75) is 20.0 Å². The Balaban J connectivity index is 1.87. The number of pyridine rings is 1. The highest BCUT2D eigenvalue weighted by atomic mass is 16.3. The zero-order valence-electron chi connectivity index (χ0n) is 17.6. The van der Waals surface area contributed by atoms with Gasteiger partial charge < -0.3 is 15.5 Å². The molecule has 3 heterocycles. The molecule has 0 aliphatic heterocycles. The molecule has 0 amide bonds. The fourth-order valence-electron chi connectivity index (χ4n) is 3.42. The van der Waals surface area contributed by atoms with Gasteiger partial charge in [0.05, 0.1) is 23.7 Å². The molecule has 8 heteroatoms. The molecule has 3 N–H and O–H groups in total. The summed E-state index contributed by atoms with van der Waals surface area (Å²) in [6.07, 6.45) is 4.64. The summed E-state index contributed by atoms with van der Waals surface area (Å²) in [4.78, 5) is 13.5. The van der Waals surface area contributed by atoms with Gasteiger partial charge in [0.2, 0.25) is 0 Å². The second-order valence-corrected chi connectivity index (χ2v) is 7.52. The Bertz CT molecular complexity index is 1180. The Hall–Kier alpha value is -3.78. The number of aromatic hydroxyl groups is 1. The van der Waals surface area contributed by atoms with Crippen molar-refractivity contribution in [3.63, 3.8) is 0 Å². The molecule has 0 spiro atoms. The van der Waals surface area contributed by atoms with Gasteiger partial charge >= 0.3 is 0 Å². The topological polar surface area (TPSA) is 109 Å². The second-order valence-electron chi connectivity index (χ2n) is 7.52. The van der Waals surface area contributed by atoms with Crippen LogP contribution in [0.5, 0.6) is 5.75 Å². The number of hydrogen-bond donors (Lipinski definition) is 3. The van der Waals surface area contributed by atoms with Crippen LogP contribution in [0.4, 0.5) is 5.82 Å². The number of aliphatic hydroxyl groups excluding tert-OH is 1. The first-order valence-electron chi connectivity index (χ1n) is 9.95. The summed E-state index contributed by atoms with van der Waals surface area (Å²) in [5.41, 5.74) is 4.87. The maximum absolute atomic E-state index is 10.1. The fraction of sp³-hybridized carbons (Fsp3) is 0.217. The van der Waals surface area contributed by atoms with E-state index >= 15 is 0 Å². The molecule has 4 aromatic rings. The quantitative estimate of drug-likeness (QED) is 0.442. The molecule has 1 atom stereocenters. The predicted molar refractivity (Wildman–Crippen MR) is 119 cm³/mol. The largest absolute Gasteiger partial charge is 0.508 e. The molecule has 0 unspecified atom stereocenters. The van der Waals surface area contributed by atoms with E-state index in [2.05, 4.69) is 20.4 Å². The van der Waals surface area contributed by atoms with Crippen molar-refractivity contribution in [1.29, 1.82) is 0 Å². The molecule has 0 bridgehead atoms. The number of phenols is 1. The van der Waals surface area contributed by atoms with Crippen LogP contribution in [0.2, 0.25) is 0 Å². The number of aliphatic hydroxyl groups is 1. The van der Waals surface area contributed by atoms with E-state index in [1.54, 1.807) is 42.3 Å². The van der Waals surface area contributed by atoms with E-state index in [9.17, 15) is 10.2 Å². The van der Waals surface area contributed by atoms with Crippen LogP contribution >= 0.6 is 0 Å². The monoisotopic (exact) mass is 416 g/mol. The van der Waals surface area contributed by atoms with Crippen molar-refractivity contribution in [2.75, 3.05) is 11.9 Å². The maximum Gasteiger partial charge on any atom is 0.163 e. The fourth-order valence-corrected chi connectivity index (χ4v) is 3.42. The summed E-state index contributed by atoms with van der Waals surface area (Å²) < 4.78 is 1.76. The van der Waals surface area contributed by atoms with Crippen LogP contribution in [0.1, 0.15) is 12.5 Å². The van der Waals surface area contributed by atoms with Gasteiger partial charge in [-0.1, -0.05) is 0 Å². The van der Waals surface area contributed by atoms with E-state index in [0.717, 1.165) is 27.9 Å². The number of aryl methyl sites for hydroxylation is 2. The summed E-state index contributed by atoms with van der Waals surface area (Å²) in [5, 5.41) is 27.4. The average molecular weight is 416 g/mol. The number of anilines is 1. The van der Waals surface area contributed by atoms with E-state index in [1.165, 1.54) is 0 Å². The molecule has 0 saturated heterocycles. The van der Waals surface area contributed by atoms with Crippen LogP contribution in [-0.4, -0.2) is 47.6 Å².